The molecule has 0 saturated carbocycles. The number of halogens is 1. The molecule has 0 aliphatic carbocycles. The number of benzene rings is 1. The van der Waals surface area contributed by atoms with Crippen LogP contribution in [-0.4, -0.2) is 18.4 Å². The lowest BCUT2D eigenvalue weighted by atomic mass is 10.2. The Kier molecular flexibility index (Phi) is 5.32. The van der Waals surface area contributed by atoms with E-state index in [2.05, 4.69) is 14.7 Å². The first-order valence-corrected chi connectivity index (χ1v) is 8.05. The maximum Gasteiger partial charge on any atom is 0.234 e. The molecule has 0 atom stereocenters. The van der Waals surface area contributed by atoms with Gasteiger partial charge in [-0.25, -0.2) is 18.1 Å². The van der Waals surface area contributed by atoms with Crippen molar-refractivity contribution in [3.63, 3.8) is 0 Å². The molecule has 5 nitrogen and oxygen atoms in total. The summed E-state index contributed by atoms with van der Waals surface area (Å²) in [6.07, 6.45) is 8.00. The number of rotatable bonds is 6. The van der Waals surface area contributed by atoms with Gasteiger partial charge in [0.25, 0.3) is 0 Å². The van der Waals surface area contributed by atoms with Gasteiger partial charge in [0.1, 0.15) is 0 Å². The van der Waals surface area contributed by atoms with Gasteiger partial charge in [0, 0.05) is 23.2 Å². The van der Waals surface area contributed by atoms with E-state index < -0.39 is 10.0 Å². The third-order valence-electron chi connectivity index (χ3n) is 2.55. The highest BCUT2D eigenvalue weighted by Gasteiger charge is 2.04. The quantitative estimate of drug-likeness (QED) is 0.803. The second kappa shape index (κ2) is 7.21. The van der Waals surface area contributed by atoms with E-state index in [-0.39, 0.29) is 6.54 Å². The van der Waals surface area contributed by atoms with E-state index in [9.17, 15) is 8.42 Å². The van der Waals surface area contributed by atoms with Crippen LogP contribution in [-0.2, 0) is 16.6 Å². The number of nitrogens with one attached hydrogen (secondary N) is 2. The minimum absolute atomic E-state index is 0.215. The normalized spacial score (nSPS) is 12.4. The first kappa shape index (κ1) is 15.5. The summed E-state index contributed by atoms with van der Waals surface area (Å²) in [5.74, 6) is 0. The van der Waals surface area contributed by atoms with Crippen molar-refractivity contribution in [3.8, 4) is 0 Å². The summed E-state index contributed by atoms with van der Waals surface area (Å²) in [6, 6.07) is 6.97. The van der Waals surface area contributed by atoms with Crippen LogP contribution in [0.15, 0.2) is 54.3 Å². The van der Waals surface area contributed by atoms with Gasteiger partial charge >= 0.3 is 0 Å². The highest BCUT2D eigenvalue weighted by atomic mass is 35.5. The molecule has 2 rings (SSSR count). The first-order valence-electron chi connectivity index (χ1n) is 6.13. The molecule has 0 amide bonds. The molecule has 0 fully saturated rings. The van der Waals surface area contributed by atoms with Crippen molar-refractivity contribution in [3.05, 3.63) is 70.6 Å². The zero-order chi connectivity index (χ0) is 15.1. The van der Waals surface area contributed by atoms with Crippen molar-refractivity contribution >= 4 is 27.7 Å². The van der Waals surface area contributed by atoms with Gasteiger partial charge in [0.05, 0.1) is 12.0 Å². The molecule has 21 heavy (non-hydrogen) atoms. The lowest BCUT2D eigenvalue weighted by Crippen LogP contribution is -2.20. The minimum Gasteiger partial charge on any atom is -0.351 e. The average molecular weight is 324 g/mol. The number of allylic oxidation sites excluding steroid dienone is 2. The fraction of sp³-hybridized carbons (Fsp3) is 0.0714. The molecule has 1 heterocycles. The van der Waals surface area contributed by atoms with Gasteiger partial charge in [0.2, 0.25) is 10.0 Å². The molecule has 0 saturated heterocycles. The molecule has 0 aliphatic rings. The van der Waals surface area contributed by atoms with Crippen molar-refractivity contribution in [2.24, 2.45) is 0 Å². The fourth-order valence-electron chi connectivity index (χ4n) is 1.50. The lowest BCUT2D eigenvalue weighted by Gasteiger charge is -2.02. The molecule has 0 unspecified atom stereocenters. The van der Waals surface area contributed by atoms with E-state index in [1.807, 2.05) is 0 Å². The van der Waals surface area contributed by atoms with Gasteiger partial charge in [-0.1, -0.05) is 29.8 Å². The van der Waals surface area contributed by atoms with E-state index in [4.69, 9.17) is 11.6 Å². The molecule has 110 valence electrons. The molecule has 7 heteroatoms. The molecule has 1 aromatic heterocycles. The maximum absolute atomic E-state index is 11.8. The summed E-state index contributed by atoms with van der Waals surface area (Å²) in [7, 11) is -3.47. The van der Waals surface area contributed by atoms with Gasteiger partial charge in [-0.05, 0) is 29.8 Å². The molecule has 0 aliphatic heterocycles. The molecule has 0 bridgehead atoms. The Hall–Kier alpha value is -1.89. The van der Waals surface area contributed by atoms with Crippen LogP contribution < -0.4 is 4.72 Å². The Labute approximate surface area is 128 Å². The van der Waals surface area contributed by atoms with Crippen LogP contribution >= 0.6 is 11.6 Å². The second-order valence-corrected chi connectivity index (χ2v) is 6.26. The zero-order valence-electron chi connectivity index (χ0n) is 11.0. The minimum atomic E-state index is -3.47. The predicted molar refractivity (Wildman–Crippen MR) is 84.0 cm³/mol. The van der Waals surface area contributed by atoms with Crippen LogP contribution in [0.3, 0.4) is 0 Å². The number of hydrogen-bond donors (Lipinski definition) is 2. The van der Waals surface area contributed by atoms with Gasteiger partial charge < -0.3 is 4.98 Å². The molecule has 1 aromatic carbocycles. The topological polar surface area (TPSA) is 74.8 Å². The van der Waals surface area contributed by atoms with Crippen LogP contribution in [0.5, 0.6) is 0 Å². The van der Waals surface area contributed by atoms with Crippen molar-refractivity contribution in [1.29, 1.82) is 0 Å². The van der Waals surface area contributed by atoms with Gasteiger partial charge in [-0.3, -0.25) is 0 Å². The highest BCUT2D eigenvalue weighted by molar-refractivity contribution is 7.92. The van der Waals surface area contributed by atoms with Gasteiger partial charge in [0.15, 0.2) is 0 Å². The Morgan fingerprint density at radius 1 is 1.24 bits per heavy atom. The summed E-state index contributed by atoms with van der Waals surface area (Å²) >= 11 is 5.76. The van der Waals surface area contributed by atoms with Crippen molar-refractivity contribution in [2.75, 3.05) is 0 Å². The highest BCUT2D eigenvalue weighted by Crippen LogP contribution is 2.09. The smallest absolute Gasteiger partial charge is 0.234 e. The summed E-state index contributed by atoms with van der Waals surface area (Å²) in [5.41, 5.74) is 1.56. The Morgan fingerprint density at radius 3 is 2.67 bits per heavy atom. The van der Waals surface area contributed by atoms with E-state index in [0.29, 0.717) is 5.02 Å². The number of sulfonamides is 1. The Morgan fingerprint density at radius 2 is 2.00 bits per heavy atom. The number of nitrogens with zero attached hydrogens (tertiary/aromatic N) is 1. The monoisotopic (exact) mass is 323 g/mol. The number of hydrogen-bond acceptors (Lipinski definition) is 3. The first-order chi connectivity index (χ1) is 10.1. The molecular formula is C14H14ClN3O2S. The van der Waals surface area contributed by atoms with Crippen molar-refractivity contribution in [2.45, 2.75) is 6.54 Å². The van der Waals surface area contributed by atoms with E-state index >= 15 is 0 Å². The number of aromatic nitrogens is 2. The largest absolute Gasteiger partial charge is 0.351 e. The van der Waals surface area contributed by atoms with Crippen molar-refractivity contribution < 1.29 is 8.42 Å². The Balaban J connectivity index is 1.88. The number of H-pyrrole nitrogens is 1. The number of aromatic amines is 1. The van der Waals surface area contributed by atoms with Crippen LogP contribution in [0.4, 0.5) is 0 Å². The van der Waals surface area contributed by atoms with E-state index in [1.165, 1.54) is 6.08 Å². The Bertz CT molecular complexity index is 720. The van der Waals surface area contributed by atoms with E-state index in [1.54, 1.807) is 48.9 Å². The van der Waals surface area contributed by atoms with Crippen LogP contribution in [0.25, 0.3) is 6.08 Å². The van der Waals surface area contributed by atoms with Crippen LogP contribution in [0.2, 0.25) is 5.02 Å². The predicted octanol–water partition coefficient (Wildman–Crippen LogP) is 2.71. The molecule has 2 N–H and O–H groups in total. The third-order valence-corrected chi connectivity index (χ3v) is 3.86. The summed E-state index contributed by atoms with van der Waals surface area (Å²) < 4.78 is 26.0. The van der Waals surface area contributed by atoms with Gasteiger partial charge in [-0.2, -0.15) is 0 Å². The third kappa shape index (κ3) is 5.55. The van der Waals surface area contributed by atoms with Gasteiger partial charge in [-0.15, -0.1) is 0 Å². The standard InChI is InChI=1S/C14H14ClN3O2S/c15-13-6-4-12(5-7-13)9-18-21(19,20)8-2-1-3-14-10-16-11-17-14/h1-8,10-11,18H,9H2,(H,16,17)/b3-1+,8-2+. The van der Waals surface area contributed by atoms with E-state index in [0.717, 1.165) is 16.7 Å². The molecule has 0 radical (unpaired) electrons. The van der Waals surface area contributed by atoms with Crippen molar-refractivity contribution in [1.82, 2.24) is 14.7 Å². The zero-order valence-corrected chi connectivity index (χ0v) is 12.6. The fourth-order valence-corrected chi connectivity index (χ4v) is 2.39. The maximum atomic E-state index is 11.8. The summed E-state index contributed by atoms with van der Waals surface area (Å²) in [6.45, 7) is 0.215. The molecule has 0 spiro atoms. The summed E-state index contributed by atoms with van der Waals surface area (Å²) in [5, 5.41) is 1.72. The lowest BCUT2D eigenvalue weighted by molar-refractivity contribution is 0.590. The van der Waals surface area contributed by atoms with Crippen LogP contribution in [0, 0.1) is 0 Å². The average Bonchev–Trinajstić information content (AvgIpc) is 2.96. The summed E-state index contributed by atoms with van der Waals surface area (Å²) in [4.78, 5) is 6.78. The second-order valence-electron chi connectivity index (χ2n) is 4.17. The van der Waals surface area contributed by atoms with Crippen LogP contribution in [0.1, 0.15) is 11.3 Å². The molecular weight excluding hydrogens is 310 g/mol. The SMILES string of the molecule is O=S(=O)(/C=C/C=C/c1c[nH]cn1)NCc1ccc(Cl)cc1. The molecule has 2 aromatic rings. The number of imidazole rings is 1.